The van der Waals surface area contributed by atoms with Crippen LogP contribution in [0.15, 0.2) is 0 Å². The van der Waals surface area contributed by atoms with E-state index in [2.05, 4.69) is 18.1 Å². The molecule has 1 amide bonds. The predicted octanol–water partition coefficient (Wildman–Crippen LogP) is 1.34. The molecule has 0 aromatic rings. The van der Waals surface area contributed by atoms with E-state index in [1.54, 1.807) is 0 Å². The Morgan fingerprint density at radius 3 is 2.20 bits per heavy atom. The van der Waals surface area contributed by atoms with Crippen molar-refractivity contribution < 1.29 is 32.0 Å². The molecule has 1 heterocycles. The van der Waals surface area contributed by atoms with Crippen molar-refractivity contribution in [3.05, 3.63) is 0 Å². The van der Waals surface area contributed by atoms with E-state index >= 15 is 0 Å². The summed E-state index contributed by atoms with van der Waals surface area (Å²) >= 11 is 0. The Labute approximate surface area is 86.3 Å². The largest absolute Gasteiger partial charge is 0.435 e. The molecule has 0 atom stereocenters. The van der Waals surface area contributed by atoms with Crippen molar-refractivity contribution in [2.24, 2.45) is 0 Å². The Kier molecular flexibility index (Phi) is 4.06. The fourth-order valence-electron chi connectivity index (χ4n) is 0.835. The van der Waals surface area contributed by atoms with E-state index in [0.29, 0.717) is 0 Å². The Morgan fingerprint density at radius 1 is 1.33 bits per heavy atom. The first-order valence-corrected chi connectivity index (χ1v) is 6.98. The number of carbonyl (C=O) groups excluding carboxylic acids is 1. The average molecular weight is 259 g/mol. The lowest BCUT2D eigenvalue weighted by Crippen LogP contribution is -2.20. The summed E-state index contributed by atoms with van der Waals surface area (Å²) in [6, 6.07) is 0. The van der Waals surface area contributed by atoms with E-state index in [0.717, 1.165) is 14.2 Å². The number of amides is 1. The molecule has 0 aliphatic carbocycles. The van der Waals surface area contributed by atoms with Crippen LogP contribution >= 0.6 is 15.3 Å². The van der Waals surface area contributed by atoms with Crippen LogP contribution in [0.3, 0.4) is 0 Å². The second-order valence-electron chi connectivity index (χ2n) is 2.44. The molecule has 1 rings (SSSR count). The number of nitrogens with one attached hydrogen (secondary N) is 1. The molecule has 0 saturated carbocycles. The monoisotopic (exact) mass is 259 g/mol. The fraction of sp³-hybridized carbons (Fsp3) is 0.800. The molecule has 88 valence electrons. The maximum atomic E-state index is 11.5. The summed E-state index contributed by atoms with van der Waals surface area (Å²) < 4.78 is 41.1. The molecule has 1 saturated heterocycles. The molecular formula is C5H11NO7P2. The van der Waals surface area contributed by atoms with E-state index in [-0.39, 0.29) is 13.2 Å². The van der Waals surface area contributed by atoms with Gasteiger partial charge in [0.05, 0.1) is 13.2 Å². The van der Waals surface area contributed by atoms with Crippen molar-refractivity contribution in [3.63, 3.8) is 0 Å². The van der Waals surface area contributed by atoms with Gasteiger partial charge < -0.3 is 9.05 Å². The van der Waals surface area contributed by atoms with Crippen molar-refractivity contribution in [1.29, 1.82) is 0 Å². The first-order valence-electron chi connectivity index (χ1n) is 3.89. The number of carbonyl (C=O) groups is 1. The zero-order chi connectivity index (χ0) is 11.5. The molecule has 1 aliphatic rings. The normalized spacial score (nSPS) is 20.1. The first kappa shape index (κ1) is 12.8. The van der Waals surface area contributed by atoms with Crippen LogP contribution in [0.25, 0.3) is 0 Å². The van der Waals surface area contributed by atoms with Gasteiger partial charge in [0.2, 0.25) is 0 Å². The third-order valence-electron chi connectivity index (χ3n) is 1.57. The molecule has 15 heavy (non-hydrogen) atoms. The van der Waals surface area contributed by atoms with Crippen molar-refractivity contribution in [2.75, 3.05) is 27.4 Å². The highest BCUT2D eigenvalue weighted by Crippen LogP contribution is 2.54. The van der Waals surface area contributed by atoms with Crippen LogP contribution in [-0.4, -0.2) is 33.1 Å². The SMILES string of the molecule is COP(=O)(OC)C(=O)NP1(=O)OCCO1. The zero-order valence-electron chi connectivity index (χ0n) is 8.17. The molecule has 8 nitrogen and oxygen atoms in total. The van der Waals surface area contributed by atoms with Gasteiger partial charge in [-0.25, -0.2) is 9.13 Å². The smallest absolute Gasteiger partial charge is 0.305 e. The van der Waals surface area contributed by atoms with E-state index in [4.69, 9.17) is 0 Å². The van der Waals surface area contributed by atoms with Gasteiger partial charge in [-0.3, -0.25) is 18.9 Å². The van der Waals surface area contributed by atoms with Gasteiger partial charge in [-0.2, -0.15) is 0 Å². The molecule has 1 fully saturated rings. The summed E-state index contributed by atoms with van der Waals surface area (Å²) in [6.45, 7) is 0.198. The van der Waals surface area contributed by atoms with Gasteiger partial charge in [0.1, 0.15) is 0 Å². The predicted molar refractivity (Wildman–Crippen MR) is 49.7 cm³/mol. The number of hydrogen-bond acceptors (Lipinski definition) is 7. The molecule has 1 aliphatic heterocycles. The Hall–Kier alpha value is -0.230. The molecule has 0 bridgehead atoms. The van der Waals surface area contributed by atoms with Crippen LogP contribution in [0.4, 0.5) is 4.79 Å². The fourth-order valence-corrected chi connectivity index (χ4v) is 3.24. The Morgan fingerprint density at radius 2 is 1.80 bits per heavy atom. The molecule has 10 heteroatoms. The van der Waals surface area contributed by atoms with Gasteiger partial charge in [-0.05, 0) is 0 Å². The maximum Gasteiger partial charge on any atom is 0.435 e. The molecule has 1 N–H and O–H groups in total. The van der Waals surface area contributed by atoms with Crippen molar-refractivity contribution >= 4 is 21.0 Å². The number of hydrogen-bond donors (Lipinski definition) is 1. The lowest BCUT2D eigenvalue weighted by molar-refractivity contribution is 0.234. The minimum atomic E-state index is -3.95. The molecule has 0 aromatic heterocycles. The summed E-state index contributed by atoms with van der Waals surface area (Å²) in [6.07, 6.45) is 0. The summed E-state index contributed by atoms with van der Waals surface area (Å²) in [4.78, 5) is 11.3. The van der Waals surface area contributed by atoms with Gasteiger partial charge in [0.25, 0.3) is 0 Å². The zero-order valence-corrected chi connectivity index (χ0v) is 9.96. The van der Waals surface area contributed by atoms with Gasteiger partial charge in [-0.15, -0.1) is 0 Å². The van der Waals surface area contributed by atoms with Crippen molar-refractivity contribution in [1.82, 2.24) is 5.09 Å². The third kappa shape index (κ3) is 2.87. The highest BCUT2D eigenvalue weighted by molar-refractivity contribution is 7.73. The minimum absolute atomic E-state index is 0.0990. The quantitative estimate of drug-likeness (QED) is 0.760. The Bertz CT molecular complexity index is 324. The van der Waals surface area contributed by atoms with E-state index in [1.165, 1.54) is 0 Å². The second-order valence-corrected chi connectivity index (χ2v) is 6.31. The van der Waals surface area contributed by atoms with Crippen LogP contribution in [0.2, 0.25) is 0 Å². The second kappa shape index (κ2) is 4.74. The van der Waals surface area contributed by atoms with Crippen LogP contribution < -0.4 is 5.09 Å². The average Bonchev–Trinajstić information content (AvgIpc) is 2.63. The van der Waals surface area contributed by atoms with Crippen LogP contribution in [-0.2, 0) is 27.2 Å². The Balaban J connectivity index is 2.70. The molecular weight excluding hydrogens is 248 g/mol. The molecule has 0 aromatic carbocycles. The highest BCUT2D eigenvalue weighted by Gasteiger charge is 2.41. The summed E-state index contributed by atoms with van der Waals surface area (Å²) in [5, 5.41) is 1.86. The lowest BCUT2D eigenvalue weighted by atomic mass is 10.8. The van der Waals surface area contributed by atoms with E-state index in [1.807, 2.05) is 5.09 Å². The van der Waals surface area contributed by atoms with Gasteiger partial charge in [0.15, 0.2) is 0 Å². The van der Waals surface area contributed by atoms with Crippen LogP contribution in [0.1, 0.15) is 0 Å². The van der Waals surface area contributed by atoms with E-state index < -0.39 is 21.0 Å². The van der Waals surface area contributed by atoms with Crippen molar-refractivity contribution in [3.8, 4) is 0 Å². The standard InChI is InChI=1S/C5H11NO7P2/c1-10-14(8,11-2)5(7)6-15(9)12-3-4-13-15/h3-4H2,1-2H3,(H,6,7,9). The summed E-state index contributed by atoms with van der Waals surface area (Å²) in [7, 11) is -5.55. The van der Waals surface area contributed by atoms with E-state index in [9.17, 15) is 13.9 Å². The lowest BCUT2D eigenvalue weighted by Gasteiger charge is -2.15. The van der Waals surface area contributed by atoms with Crippen molar-refractivity contribution in [2.45, 2.75) is 0 Å². The maximum absolute atomic E-state index is 11.5. The first-order chi connectivity index (χ1) is 6.96. The van der Waals surface area contributed by atoms with Gasteiger partial charge in [0, 0.05) is 14.2 Å². The third-order valence-corrected chi connectivity index (χ3v) is 4.84. The van der Waals surface area contributed by atoms with Crippen LogP contribution in [0, 0.1) is 0 Å². The topological polar surface area (TPSA) is 100 Å². The molecule has 0 spiro atoms. The molecule has 0 unspecified atom stereocenters. The molecule has 0 radical (unpaired) electrons. The highest BCUT2D eigenvalue weighted by atomic mass is 31.2. The summed E-state index contributed by atoms with van der Waals surface area (Å²) in [5.74, 6) is 0. The van der Waals surface area contributed by atoms with Crippen LogP contribution in [0.5, 0.6) is 0 Å². The summed E-state index contributed by atoms with van der Waals surface area (Å²) in [5.41, 5.74) is -1.15. The van der Waals surface area contributed by atoms with Gasteiger partial charge >= 0.3 is 21.0 Å². The number of rotatable bonds is 4. The van der Waals surface area contributed by atoms with Gasteiger partial charge in [-0.1, -0.05) is 0 Å². The minimum Gasteiger partial charge on any atom is -0.305 e.